The monoisotopic (exact) mass is 359 g/mol. The zero-order valence-corrected chi connectivity index (χ0v) is 14.2. The highest BCUT2D eigenvalue weighted by Crippen LogP contribution is 2.24. The van der Waals surface area contributed by atoms with Crippen molar-refractivity contribution in [1.29, 1.82) is 0 Å². The summed E-state index contributed by atoms with van der Waals surface area (Å²) in [5.41, 5.74) is 0.896. The zero-order chi connectivity index (χ0) is 17.7. The van der Waals surface area contributed by atoms with Gasteiger partial charge in [0.05, 0.1) is 19.5 Å². The number of amides is 1. The van der Waals surface area contributed by atoms with Gasteiger partial charge in [0.15, 0.2) is 6.29 Å². The summed E-state index contributed by atoms with van der Waals surface area (Å²) < 4.78 is 38.0. The van der Waals surface area contributed by atoms with E-state index in [1.165, 1.54) is 6.92 Å². The van der Waals surface area contributed by atoms with Crippen LogP contribution in [0.5, 0.6) is 0 Å². The largest absolute Gasteiger partial charge is 0.388 e. The molecule has 1 aromatic rings. The normalized spacial score (nSPS) is 27.1. The summed E-state index contributed by atoms with van der Waals surface area (Å²) in [5.74, 6) is -0.361. The van der Waals surface area contributed by atoms with Crippen LogP contribution in [0, 0.1) is 0 Å². The fraction of sp³-hybridized carbons (Fsp3) is 0.533. The highest BCUT2D eigenvalue weighted by atomic mass is 32.2. The standard InChI is InChI=1S/C15H21NO7S/c1-10(17)16-13-14(18)12(9-22-24(2,19)20)23-15(13)21-8-11-6-4-3-5-7-11/h3-7,12-15,18H,8-9H2,1-2H3,(H,16,17)/t12-,13-,14+,15-/m1/s1. The van der Waals surface area contributed by atoms with Gasteiger partial charge in [0.2, 0.25) is 5.91 Å². The first kappa shape index (κ1) is 18.8. The molecule has 24 heavy (non-hydrogen) atoms. The molecule has 9 heteroatoms. The third-order valence-corrected chi connectivity index (χ3v) is 3.99. The van der Waals surface area contributed by atoms with Gasteiger partial charge < -0.3 is 19.9 Å². The Balaban J connectivity index is 2.01. The van der Waals surface area contributed by atoms with Crippen LogP contribution in [0.1, 0.15) is 12.5 Å². The Bertz CT molecular complexity index is 649. The molecule has 0 unspecified atom stereocenters. The molecule has 134 valence electrons. The highest BCUT2D eigenvalue weighted by Gasteiger charge is 2.45. The van der Waals surface area contributed by atoms with Crippen LogP contribution in [-0.2, 0) is 35.2 Å². The Labute approximate surface area is 140 Å². The third-order valence-electron chi connectivity index (χ3n) is 3.42. The predicted molar refractivity (Wildman–Crippen MR) is 84.3 cm³/mol. The number of nitrogens with one attached hydrogen (secondary N) is 1. The quantitative estimate of drug-likeness (QED) is 0.647. The Morgan fingerprint density at radius 1 is 1.33 bits per heavy atom. The molecule has 0 aromatic heterocycles. The number of rotatable bonds is 7. The summed E-state index contributed by atoms with van der Waals surface area (Å²) in [5, 5.41) is 12.8. The number of benzene rings is 1. The molecule has 0 spiro atoms. The fourth-order valence-corrected chi connectivity index (χ4v) is 2.72. The van der Waals surface area contributed by atoms with Crippen LogP contribution >= 0.6 is 0 Å². The predicted octanol–water partition coefficient (Wildman–Crippen LogP) is -0.230. The van der Waals surface area contributed by atoms with Crippen LogP contribution in [0.15, 0.2) is 30.3 Å². The molecule has 0 bridgehead atoms. The number of carbonyl (C=O) groups is 1. The molecule has 1 aliphatic heterocycles. The van der Waals surface area contributed by atoms with Gasteiger partial charge in [-0.25, -0.2) is 0 Å². The average Bonchev–Trinajstić information content (AvgIpc) is 2.79. The lowest BCUT2D eigenvalue weighted by molar-refractivity contribution is -0.156. The van der Waals surface area contributed by atoms with E-state index in [0.29, 0.717) is 0 Å². The van der Waals surface area contributed by atoms with Gasteiger partial charge in [0.1, 0.15) is 18.2 Å². The summed E-state index contributed by atoms with van der Waals surface area (Å²) in [4.78, 5) is 11.3. The van der Waals surface area contributed by atoms with Crippen molar-refractivity contribution in [3.8, 4) is 0 Å². The van der Waals surface area contributed by atoms with Crippen LogP contribution in [0.2, 0.25) is 0 Å². The molecule has 4 atom stereocenters. The van der Waals surface area contributed by atoms with Gasteiger partial charge in [-0.3, -0.25) is 8.98 Å². The Morgan fingerprint density at radius 2 is 2.00 bits per heavy atom. The molecule has 2 N–H and O–H groups in total. The Morgan fingerprint density at radius 3 is 2.58 bits per heavy atom. The number of hydrogen-bond donors (Lipinski definition) is 2. The number of ether oxygens (including phenoxy) is 2. The molecule has 1 fully saturated rings. The summed E-state index contributed by atoms with van der Waals surface area (Å²) in [6.07, 6.45) is -2.10. The average molecular weight is 359 g/mol. The Hall–Kier alpha value is -1.52. The molecule has 8 nitrogen and oxygen atoms in total. The van der Waals surface area contributed by atoms with Gasteiger partial charge in [-0.05, 0) is 5.56 Å². The van der Waals surface area contributed by atoms with Crippen molar-refractivity contribution < 1.29 is 32.0 Å². The summed E-state index contributed by atoms with van der Waals surface area (Å²) in [6.45, 7) is 1.16. The smallest absolute Gasteiger partial charge is 0.264 e. The van der Waals surface area contributed by atoms with Gasteiger partial charge >= 0.3 is 0 Å². The first-order chi connectivity index (χ1) is 11.3. The molecule has 1 aromatic carbocycles. The van der Waals surface area contributed by atoms with E-state index in [-0.39, 0.29) is 19.1 Å². The molecule has 1 saturated heterocycles. The van der Waals surface area contributed by atoms with Crippen LogP contribution in [0.3, 0.4) is 0 Å². The minimum atomic E-state index is -3.67. The van der Waals surface area contributed by atoms with Crippen molar-refractivity contribution in [3.63, 3.8) is 0 Å². The third kappa shape index (κ3) is 5.53. The maximum Gasteiger partial charge on any atom is 0.264 e. The van der Waals surface area contributed by atoms with Crippen molar-refractivity contribution in [2.45, 2.75) is 38.1 Å². The van der Waals surface area contributed by atoms with E-state index < -0.39 is 34.7 Å². The minimum absolute atomic E-state index is 0.216. The molecule has 0 radical (unpaired) electrons. The van der Waals surface area contributed by atoms with E-state index in [2.05, 4.69) is 9.50 Å². The molecule has 0 aliphatic carbocycles. The van der Waals surface area contributed by atoms with E-state index >= 15 is 0 Å². The molecule has 1 heterocycles. The second kappa shape index (κ2) is 8.04. The molecule has 1 amide bonds. The van der Waals surface area contributed by atoms with Crippen molar-refractivity contribution in [2.24, 2.45) is 0 Å². The van der Waals surface area contributed by atoms with Gasteiger partial charge in [0.25, 0.3) is 10.1 Å². The molecule has 1 aliphatic rings. The van der Waals surface area contributed by atoms with Gasteiger partial charge in [-0.1, -0.05) is 30.3 Å². The van der Waals surface area contributed by atoms with E-state index in [0.717, 1.165) is 11.8 Å². The SMILES string of the molecule is CC(=O)N[C@H]1[C@H](OCc2ccccc2)O[C@H](COS(C)(=O)=O)[C@@H]1O. The molecular formula is C15H21NO7S. The first-order valence-electron chi connectivity index (χ1n) is 7.37. The lowest BCUT2D eigenvalue weighted by atomic mass is 10.1. The van der Waals surface area contributed by atoms with E-state index in [1.807, 2.05) is 30.3 Å². The second-order valence-electron chi connectivity index (χ2n) is 5.55. The first-order valence-corrected chi connectivity index (χ1v) is 9.18. The highest BCUT2D eigenvalue weighted by molar-refractivity contribution is 7.85. The van der Waals surface area contributed by atoms with Crippen LogP contribution in [-0.4, -0.2) is 56.8 Å². The van der Waals surface area contributed by atoms with Crippen LogP contribution in [0.25, 0.3) is 0 Å². The second-order valence-corrected chi connectivity index (χ2v) is 7.19. The number of hydrogen-bond acceptors (Lipinski definition) is 7. The van der Waals surface area contributed by atoms with Crippen LogP contribution in [0.4, 0.5) is 0 Å². The number of aliphatic hydroxyl groups is 1. The number of carbonyl (C=O) groups excluding carboxylic acids is 1. The minimum Gasteiger partial charge on any atom is -0.388 e. The summed E-state index contributed by atoms with van der Waals surface area (Å²) in [7, 11) is -3.67. The molecular weight excluding hydrogens is 338 g/mol. The molecule has 2 rings (SSSR count). The van der Waals surface area contributed by atoms with Crippen molar-refractivity contribution in [3.05, 3.63) is 35.9 Å². The van der Waals surface area contributed by atoms with Crippen LogP contribution < -0.4 is 5.32 Å². The Kier molecular flexibility index (Phi) is 6.30. The number of aliphatic hydroxyl groups excluding tert-OH is 1. The lowest BCUT2D eigenvalue weighted by Gasteiger charge is -2.21. The van der Waals surface area contributed by atoms with Crippen molar-refractivity contribution in [1.82, 2.24) is 5.32 Å². The van der Waals surface area contributed by atoms with Gasteiger partial charge in [-0.2, -0.15) is 8.42 Å². The van der Waals surface area contributed by atoms with E-state index in [1.54, 1.807) is 0 Å². The fourth-order valence-electron chi connectivity index (χ4n) is 2.34. The molecule has 0 saturated carbocycles. The summed E-state index contributed by atoms with van der Waals surface area (Å²) in [6, 6.07) is 8.50. The van der Waals surface area contributed by atoms with Gasteiger partial charge in [0, 0.05) is 6.92 Å². The van der Waals surface area contributed by atoms with Crippen molar-refractivity contribution >= 4 is 16.0 Å². The topological polar surface area (TPSA) is 111 Å². The lowest BCUT2D eigenvalue weighted by Crippen LogP contribution is -2.48. The van der Waals surface area contributed by atoms with Gasteiger partial charge in [-0.15, -0.1) is 0 Å². The van der Waals surface area contributed by atoms with E-state index in [4.69, 9.17) is 9.47 Å². The van der Waals surface area contributed by atoms with Crippen molar-refractivity contribution in [2.75, 3.05) is 12.9 Å². The maximum absolute atomic E-state index is 11.3. The summed E-state index contributed by atoms with van der Waals surface area (Å²) >= 11 is 0. The maximum atomic E-state index is 11.3. The van der Waals surface area contributed by atoms with E-state index in [9.17, 15) is 18.3 Å². The zero-order valence-electron chi connectivity index (χ0n) is 13.4.